The smallest absolute Gasteiger partial charge is 0.119 e. The Bertz CT molecular complexity index is 4030. The minimum atomic E-state index is -0.595. The van der Waals surface area contributed by atoms with E-state index in [1.807, 2.05) is 0 Å². The van der Waals surface area contributed by atoms with Crippen molar-refractivity contribution in [3.63, 3.8) is 0 Å². The predicted molar refractivity (Wildman–Crippen MR) is 347 cm³/mol. The number of benzene rings is 12. The summed E-state index contributed by atoms with van der Waals surface area (Å²) >= 11 is 0. The summed E-state index contributed by atoms with van der Waals surface area (Å²) < 4.78 is 12.0. The summed E-state index contributed by atoms with van der Waals surface area (Å²) in [4.78, 5) is 4.76. The molecule has 14 rings (SSSR count). The van der Waals surface area contributed by atoms with Crippen molar-refractivity contribution in [2.45, 2.75) is 10.8 Å². The lowest BCUT2D eigenvalue weighted by molar-refractivity contribution is 0.363. The van der Waals surface area contributed by atoms with Gasteiger partial charge in [0.1, 0.15) is 24.7 Å². The third kappa shape index (κ3) is 8.70. The molecule has 2 unspecified atom stereocenters. The Hall–Kier alpha value is -10.7. The Balaban J connectivity index is 0.837. The second-order valence-electron chi connectivity index (χ2n) is 21.5. The van der Waals surface area contributed by atoms with Crippen molar-refractivity contribution < 1.29 is 9.47 Å². The highest BCUT2D eigenvalue weighted by Gasteiger charge is 2.48. The normalized spacial score (nSPS) is 15.2. The Kier molecular flexibility index (Phi) is 13.5. The van der Waals surface area contributed by atoms with Crippen molar-refractivity contribution >= 4 is 34.1 Å². The molecular weight excluding hydrogens is 1020 g/mol. The average Bonchev–Trinajstić information content (AvgIpc) is 2.34. The standard InChI is InChI=1S/C80H60N2O2/c1-3-53-83-69-47-37-61(38-48-69)79(59-21-9-5-10-22-59)75-31-19-17-29-71(75)73-51-45-67(55-77(73)79)81(63-25-13-7-14-26-63)65-41-33-57(34-42-65)58-35-43-66(44-36-58)82(64-27-15-8-16-28-64)68-46-52-74-72-30-18-20-32-76(72)80(78(74)56-68,60-23-11-6-12-24-60)62-39-49-70(50-40-62)84-54-4-2/h3-52,55-56H,1-2,53-54H2. The zero-order valence-corrected chi connectivity index (χ0v) is 46.6. The molecule has 0 heterocycles. The molecule has 84 heavy (non-hydrogen) atoms. The van der Waals surface area contributed by atoms with Crippen LogP contribution in [0.2, 0.25) is 0 Å². The fourth-order valence-corrected chi connectivity index (χ4v) is 13.3. The van der Waals surface area contributed by atoms with Gasteiger partial charge in [0.15, 0.2) is 0 Å². The van der Waals surface area contributed by atoms with E-state index >= 15 is 0 Å². The molecule has 4 heteroatoms. The lowest BCUT2D eigenvalue weighted by atomic mass is 9.67. The van der Waals surface area contributed by atoms with Gasteiger partial charge in [-0.15, -0.1) is 0 Å². The molecule has 0 spiro atoms. The molecule has 0 fully saturated rings. The summed E-state index contributed by atoms with van der Waals surface area (Å²) in [6, 6.07) is 110. The van der Waals surface area contributed by atoms with Crippen LogP contribution in [0.4, 0.5) is 34.1 Å². The SMILES string of the molecule is C=CCOc1ccc(C2(c3ccccc3)c3ccccc3-c3ccc(N(c4ccccc4)c4ccc(-c5ccc(N(c6ccccc6)c6ccc7c(c6)C(c6ccccc6)(c6ccc(OCC=C)cc6)c6ccccc6-7)cc5)cc4)cc32)cc1. The second-order valence-corrected chi connectivity index (χ2v) is 21.5. The van der Waals surface area contributed by atoms with Crippen molar-refractivity contribution in [2.24, 2.45) is 0 Å². The lowest BCUT2D eigenvalue weighted by Crippen LogP contribution is -2.28. The summed E-state index contributed by atoms with van der Waals surface area (Å²) in [6.07, 6.45) is 3.56. The monoisotopic (exact) mass is 1080 g/mol. The van der Waals surface area contributed by atoms with E-state index in [-0.39, 0.29) is 0 Å². The van der Waals surface area contributed by atoms with Gasteiger partial charge in [0.05, 0.1) is 10.8 Å². The van der Waals surface area contributed by atoms with E-state index in [2.05, 4.69) is 326 Å². The number of rotatable bonds is 17. The Morgan fingerprint density at radius 2 is 0.571 bits per heavy atom. The van der Waals surface area contributed by atoms with Gasteiger partial charge in [0.2, 0.25) is 0 Å². The van der Waals surface area contributed by atoms with Crippen LogP contribution in [0.15, 0.2) is 329 Å². The molecule has 0 bridgehead atoms. The molecular formula is C80H60N2O2. The zero-order chi connectivity index (χ0) is 56.5. The molecule has 2 aliphatic rings. The maximum Gasteiger partial charge on any atom is 0.119 e. The van der Waals surface area contributed by atoms with Crippen LogP contribution in [-0.2, 0) is 10.8 Å². The molecule has 0 saturated heterocycles. The first-order chi connectivity index (χ1) is 41.6. The topological polar surface area (TPSA) is 24.9 Å². The minimum Gasteiger partial charge on any atom is -0.490 e. The highest BCUT2D eigenvalue weighted by molar-refractivity contribution is 5.92. The van der Waals surface area contributed by atoms with Gasteiger partial charge in [-0.1, -0.05) is 232 Å². The maximum atomic E-state index is 6.01. The van der Waals surface area contributed by atoms with Crippen LogP contribution in [0, 0.1) is 0 Å². The van der Waals surface area contributed by atoms with Crippen LogP contribution in [0.3, 0.4) is 0 Å². The molecule has 12 aromatic rings. The number of nitrogens with zero attached hydrogens (tertiary/aromatic N) is 2. The quantitative estimate of drug-likeness (QED) is 0.0849. The number of para-hydroxylation sites is 2. The summed E-state index contributed by atoms with van der Waals surface area (Å²) in [5.74, 6) is 1.63. The van der Waals surface area contributed by atoms with E-state index in [1.54, 1.807) is 12.2 Å². The summed E-state index contributed by atoms with van der Waals surface area (Å²) in [5, 5.41) is 0. The third-order valence-corrected chi connectivity index (χ3v) is 16.9. The minimum absolute atomic E-state index is 0.448. The third-order valence-electron chi connectivity index (χ3n) is 16.9. The lowest BCUT2D eigenvalue weighted by Gasteiger charge is -2.35. The summed E-state index contributed by atoms with van der Waals surface area (Å²) in [7, 11) is 0. The van der Waals surface area contributed by atoms with Gasteiger partial charge in [-0.05, 0) is 175 Å². The zero-order valence-electron chi connectivity index (χ0n) is 46.6. The van der Waals surface area contributed by atoms with Crippen molar-refractivity contribution in [3.05, 3.63) is 373 Å². The molecule has 0 amide bonds. The highest BCUT2D eigenvalue weighted by atomic mass is 16.5. The molecule has 0 saturated carbocycles. The van der Waals surface area contributed by atoms with E-state index in [0.29, 0.717) is 13.2 Å². The van der Waals surface area contributed by atoms with Gasteiger partial charge < -0.3 is 19.3 Å². The summed E-state index contributed by atoms with van der Waals surface area (Å²) in [5.41, 5.74) is 22.1. The first kappa shape index (κ1) is 51.5. The average molecular weight is 1080 g/mol. The number of anilines is 6. The number of hydrogen-bond donors (Lipinski definition) is 0. The van der Waals surface area contributed by atoms with E-state index < -0.39 is 10.8 Å². The van der Waals surface area contributed by atoms with Crippen molar-refractivity contribution in [1.82, 2.24) is 0 Å². The number of hydrogen-bond acceptors (Lipinski definition) is 4. The summed E-state index contributed by atoms with van der Waals surface area (Å²) in [6.45, 7) is 8.63. The van der Waals surface area contributed by atoms with Gasteiger partial charge in [-0.3, -0.25) is 0 Å². The van der Waals surface area contributed by atoms with Gasteiger partial charge >= 0.3 is 0 Å². The van der Waals surface area contributed by atoms with E-state index in [4.69, 9.17) is 9.47 Å². The molecule has 0 aliphatic heterocycles. The van der Waals surface area contributed by atoms with Crippen LogP contribution in [0.25, 0.3) is 33.4 Å². The molecule has 2 atom stereocenters. The van der Waals surface area contributed by atoms with Gasteiger partial charge in [0, 0.05) is 34.1 Å². The molecule has 4 nitrogen and oxygen atoms in total. The molecule has 402 valence electrons. The molecule has 2 aliphatic carbocycles. The van der Waals surface area contributed by atoms with E-state index in [9.17, 15) is 0 Å². The van der Waals surface area contributed by atoms with Crippen LogP contribution < -0.4 is 19.3 Å². The molecule has 0 N–H and O–H groups in total. The van der Waals surface area contributed by atoms with Crippen molar-refractivity contribution in [2.75, 3.05) is 23.0 Å². The largest absolute Gasteiger partial charge is 0.490 e. The maximum absolute atomic E-state index is 6.01. The van der Waals surface area contributed by atoms with Gasteiger partial charge in [-0.25, -0.2) is 0 Å². The fraction of sp³-hybridized carbons (Fsp3) is 0.0500. The molecule has 0 aromatic heterocycles. The van der Waals surface area contributed by atoms with Crippen molar-refractivity contribution in [1.29, 1.82) is 0 Å². The highest BCUT2D eigenvalue weighted by Crippen LogP contribution is 2.59. The van der Waals surface area contributed by atoms with E-state index in [0.717, 1.165) is 56.8 Å². The Labute approximate surface area is 492 Å². The number of ether oxygens (including phenoxy) is 2. The van der Waals surface area contributed by atoms with Gasteiger partial charge in [0.25, 0.3) is 0 Å². The fourth-order valence-electron chi connectivity index (χ4n) is 13.3. The van der Waals surface area contributed by atoms with Crippen LogP contribution in [-0.4, -0.2) is 13.2 Å². The molecule has 12 aromatic carbocycles. The first-order valence-corrected chi connectivity index (χ1v) is 28.8. The number of fused-ring (bicyclic) bond motifs is 6. The Morgan fingerprint density at radius 1 is 0.274 bits per heavy atom. The second kappa shape index (κ2) is 22.0. The molecule has 0 radical (unpaired) electrons. The van der Waals surface area contributed by atoms with Crippen LogP contribution in [0.1, 0.15) is 44.5 Å². The Morgan fingerprint density at radius 3 is 0.940 bits per heavy atom. The van der Waals surface area contributed by atoms with Crippen LogP contribution >= 0.6 is 0 Å². The van der Waals surface area contributed by atoms with Gasteiger partial charge in [-0.2, -0.15) is 0 Å². The first-order valence-electron chi connectivity index (χ1n) is 28.8. The van der Waals surface area contributed by atoms with Crippen molar-refractivity contribution in [3.8, 4) is 44.9 Å². The van der Waals surface area contributed by atoms with E-state index in [1.165, 1.54) is 66.8 Å². The predicted octanol–water partition coefficient (Wildman–Crippen LogP) is 20.1. The van der Waals surface area contributed by atoms with Crippen LogP contribution in [0.5, 0.6) is 11.5 Å².